The van der Waals surface area contributed by atoms with Gasteiger partial charge in [-0.15, -0.1) is 0 Å². The highest BCUT2D eigenvalue weighted by atomic mass is 19.4. The molecule has 0 bridgehead atoms. The zero-order chi connectivity index (χ0) is 13.5. The summed E-state index contributed by atoms with van der Waals surface area (Å²) >= 11 is 0. The SMILES string of the molecule is CC1C(=O)N(c2ccc(N)cn2)N=C1C(F)(F)F. The zero-order valence-corrected chi connectivity index (χ0v) is 9.27. The first-order valence-electron chi connectivity index (χ1n) is 5.02. The molecule has 0 spiro atoms. The summed E-state index contributed by atoms with van der Waals surface area (Å²) in [6, 6.07) is 2.77. The Hall–Kier alpha value is -2.12. The van der Waals surface area contributed by atoms with Gasteiger partial charge in [-0.25, -0.2) is 4.98 Å². The van der Waals surface area contributed by atoms with E-state index in [1.54, 1.807) is 0 Å². The Morgan fingerprint density at radius 3 is 2.50 bits per heavy atom. The molecular formula is C10H9F3N4O. The maximum absolute atomic E-state index is 12.6. The minimum atomic E-state index is -4.63. The summed E-state index contributed by atoms with van der Waals surface area (Å²) < 4.78 is 37.8. The molecule has 5 nitrogen and oxygen atoms in total. The molecule has 2 N–H and O–H groups in total. The number of halogens is 3. The molecule has 1 aromatic rings. The Kier molecular flexibility index (Phi) is 2.72. The van der Waals surface area contributed by atoms with E-state index in [0.29, 0.717) is 10.7 Å². The molecule has 1 amide bonds. The fourth-order valence-corrected chi connectivity index (χ4v) is 1.53. The lowest BCUT2D eigenvalue weighted by molar-refractivity contribution is -0.120. The Labute approximate surface area is 100 Å². The van der Waals surface area contributed by atoms with Crippen LogP contribution >= 0.6 is 0 Å². The number of pyridine rings is 1. The van der Waals surface area contributed by atoms with Gasteiger partial charge < -0.3 is 5.73 Å². The Morgan fingerprint density at radius 1 is 1.39 bits per heavy atom. The van der Waals surface area contributed by atoms with E-state index < -0.39 is 23.7 Å². The van der Waals surface area contributed by atoms with Crippen molar-refractivity contribution in [2.24, 2.45) is 11.0 Å². The summed E-state index contributed by atoms with van der Waals surface area (Å²) in [7, 11) is 0. The summed E-state index contributed by atoms with van der Waals surface area (Å²) in [4.78, 5) is 15.5. The van der Waals surface area contributed by atoms with Crippen molar-refractivity contribution in [3.8, 4) is 0 Å². The van der Waals surface area contributed by atoms with E-state index in [4.69, 9.17) is 5.73 Å². The number of aromatic nitrogens is 1. The minimum absolute atomic E-state index is 0.0142. The molecule has 0 saturated heterocycles. The van der Waals surface area contributed by atoms with Gasteiger partial charge >= 0.3 is 6.18 Å². The van der Waals surface area contributed by atoms with E-state index in [-0.39, 0.29) is 5.82 Å². The lowest BCUT2D eigenvalue weighted by Crippen LogP contribution is -2.31. The standard InChI is InChI=1S/C10H9F3N4O/c1-5-8(10(11,12)13)16-17(9(5)18)7-3-2-6(14)4-15-7/h2-5H,14H2,1H3. The van der Waals surface area contributed by atoms with Crippen molar-refractivity contribution in [2.45, 2.75) is 13.1 Å². The van der Waals surface area contributed by atoms with E-state index in [9.17, 15) is 18.0 Å². The normalized spacial score (nSPS) is 20.2. The van der Waals surface area contributed by atoms with Crippen molar-refractivity contribution in [2.75, 3.05) is 10.7 Å². The van der Waals surface area contributed by atoms with Crippen molar-refractivity contribution < 1.29 is 18.0 Å². The van der Waals surface area contributed by atoms with Gasteiger partial charge in [0.2, 0.25) is 0 Å². The summed E-state index contributed by atoms with van der Waals surface area (Å²) in [6.07, 6.45) is -3.38. The highest BCUT2D eigenvalue weighted by Gasteiger charge is 2.48. The van der Waals surface area contributed by atoms with Crippen LogP contribution in [0.15, 0.2) is 23.4 Å². The second-order valence-corrected chi connectivity index (χ2v) is 3.80. The summed E-state index contributed by atoms with van der Waals surface area (Å²) in [6.45, 7) is 1.16. The summed E-state index contributed by atoms with van der Waals surface area (Å²) in [5.41, 5.74) is 4.63. The van der Waals surface area contributed by atoms with Crippen molar-refractivity contribution >= 4 is 23.1 Å². The molecule has 2 rings (SSSR count). The molecule has 0 saturated carbocycles. The number of carbonyl (C=O) groups is 1. The minimum Gasteiger partial charge on any atom is -0.397 e. The summed E-state index contributed by atoms with van der Waals surface area (Å²) in [5, 5.41) is 3.94. The highest BCUT2D eigenvalue weighted by molar-refractivity contribution is 6.16. The van der Waals surface area contributed by atoms with Crippen LogP contribution in [0.25, 0.3) is 0 Å². The van der Waals surface area contributed by atoms with E-state index in [0.717, 1.165) is 6.92 Å². The predicted molar refractivity (Wildman–Crippen MR) is 58.8 cm³/mol. The van der Waals surface area contributed by atoms with Crippen LogP contribution in [0.1, 0.15) is 6.92 Å². The largest absolute Gasteiger partial charge is 0.432 e. The Morgan fingerprint density at radius 2 is 2.06 bits per heavy atom. The van der Waals surface area contributed by atoms with E-state index in [1.165, 1.54) is 18.3 Å². The van der Waals surface area contributed by atoms with Crippen molar-refractivity contribution in [1.82, 2.24) is 4.98 Å². The number of anilines is 2. The molecule has 96 valence electrons. The van der Waals surface area contributed by atoms with E-state index in [2.05, 4.69) is 10.1 Å². The smallest absolute Gasteiger partial charge is 0.397 e. The first kappa shape index (κ1) is 12.3. The zero-order valence-electron chi connectivity index (χ0n) is 9.27. The predicted octanol–water partition coefficient (Wildman–Crippen LogP) is 1.56. The van der Waals surface area contributed by atoms with Gasteiger partial charge in [-0.3, -0.25) is 4.79 Å². The maximum atomic E-state index is 12.6. The van der Waals surface area contributed by atoms with Crippen LogP contribution in [0.3, 0.4) is 0 Å². The van der Waals surface area contributed by atoms with E-state index >= 15 is 0 Å². The topological polar surface area (TPSA) is 71.6 Å². The maximum Gasteiger partial charge on any atom is 0.432 e. The van der Waals surface area contributed by atoms with Crippen molar-refractivity contribution in [3.63, 3.8) is 0 Å². The molecule has 0 aromatic carbocycles. The number of alkyl halides is 3. The van der Waals surface area contributed by atoms with Crippen LogP contribution in [0, 0.1) is 5.92 Å². The molecule has 1 aromatic heterocycles. The molecular weight excluding hydrogens is 249 g/mol. The van der Waals surface area contributed by atoms with Gasteiger partial charge in [0.1, 0.15) is 0 Å². The monoisotopic (exact) mass is 258 g/mol. The molecule has 1 unspecified atom stereocenters. The van der Waals surface area contributed by atoms with Gasteiger partial charge in [0.15, 0.2) is 11.5 Å². The van der Waals surface area contributed by atoms with Crippen LogP contribution in [0.2, 0.25) is 0 Å². The Bertz CT molecular complexity index is 509. The van der Waals surface area contributed by atoms with Crippen molar-refractivity contribution in [1.29, 1.82) is 0 Å². The summed E-state index contributed by atoms with van der Waals surface area (Å²) in [5.74, 6) is -2.08. The third kappa shape index (κ3) is 2.01. The lowest BCUT2D eigenvalue weighted by Gasteiger charge is -2.11. The molecule has 1 aliphatic heterocycles. The van der Waals surface area contributed by atoms with Gasteiger partial charge in [-0.1, -0.05) is 0 Å². The number of carbonyl (C=O) groups excluding carboxylic acids is 1. The molecule has 0 radical (unpaired) electrons. The number of nitrogen functional groups attached to an aromatic ring is 1. The number of nitrogens with zero attached hydrogens (tertiary/aromatic N) is 3. The average Bonchev–Trinajstić information content (AvgIpc) is 2.57. The third-order valence-electron chi connectivity index (χ3n) is 2.48. The van der Waals surface area contributed by atoms with Gasteiger partial charge in [0.05, 0.1) is 17.8 Å². The number of rotatable bonds is 1. The second-order valence-electron chi connectivity index (χ2n) is 3.80. The fraction of sp³-hybridized carbons (Fsp3) is 0.300. The second kappa shape index (κ2) is 3.97. The van der Waals surface area contributed by atoms with Gasteiger partial charge in [0, 0.05) is 0 Å². The number of amides is 1. The van der Waals surface area contributed by atoms with Crippen LogP contribution < -0.4 is 10.7 Å². The van der Waals surface area contributed by atoms with Gasteiger partial charge in [-0.2, -0.15) is 23.3 Å². The van der Waals surface area contributed by atoms with Crippen LogP contribution in [-0.2, 0) is 4.79 Å². The fourth-order valence-electron chi connectivity index (χ4n) is 1.53. The quantitative estimate of drug-likeness (QED) is 0.830. The lowest BCUT2D eigenvalue weighted by atomic mass is 10.1. The molecule has 18 heavy (non-hydrogen) atoms. The Balaban J connectivity index is 2.38. The van der Waals surface area contributed by atoms with Gasteiger partial charge in [0.25, 0.3) is 5.91 Å². The first-order valence-corrected chi connectivity index (χ1v) is 5.02. The van der Waals surface area contributed by atoms with Crippen LogP contribution in [0.4, 0.5) is 24.7 Å². The number of hydrogen-bond donors (Lipinski definition) is 1. The molecule has 1 atom stereocenters. The van der Waals surface area contributed by atoms with Crippen LogP contribution in [0.5, 0.6) is 0 Å². The third-order valence-corrected chi connectivity index (χ3v) is 2.48. The molecule has 8 heteroatoms. The first-order chi connectivity index (χ1) is 8.30. The number of nitrogens with two attached hydrogens (primary N) is 1. The molecule has 2 heterocycles. The van der Waals surface area contributed by atoms with Crippen molar-refractivity contribution in [3.05, 3.63) is 18.3 Å². The van der Waals surface area contributed by atoms with Crippen LogP contribution in [-0.4, -0.2) is 22.8 Å². The molecule has 0 fully saturated rings. The molecule has 1 aliphatic rings. The highest BCUT2D eigenvalue weighted by Crippen LogP contribution is 2.30. The number of hydrogen-bond acceptors (Lipinski definition) is 4. The van der Waals surface area contributed by atoms with Gasteiger partial charge in [-0.05, 0) is 19.1 Å². The average molecular weight is 258 g/mol. The number of hydrazone groups is 1. The molecule has 0 aliphatic carbocycles. The van der Waals surface area contributed by atoms with E-state index in [1.807, 2.05) is 0 Å².